The molecule has 8 heteroatoms. The summed E-state index contributed by atoms with van der Waals surface area (Å²) in [5.41, 5.74) is 1.39. The number of nitrogens with zero attached hydrogens (tertiary/aromatic N) is 2. The van der Waals surface area contributed by atoms with Gasteiger partial charge >= 0.3 is 0 Å². The van der Waals surface area contributed by atoms with Crippen molar-refractivity contribution in [3.63, 3.8) is 0 Å². The number of nitrogens with one attached hydrogen (secondary N) is 1. The van der Waals surface area contributed by atoms with Gasteiger partial charge in [-0.2, -0.15) is 0 Å². The molecule has 1 saturated heterocycles. The predicted molar refractivity (Wildman–Crippen MR) is 102 cm³/mol. The number of rotatable bonds is 5. The molecule has 0 aliphatic carbocycles. The van der Waals surface area contributed by atoms with Crippen molar-refractivity contribution in [2.24, 2.45) is 0 Å². The third-order valence-electron chi connectivity index (χ3n) is 4.69. The highest BCUT2D eigenvalue weighted by Gasteiger charge is 2.24. The molecule has 0 saturated carbocycles. The summed E-state index contributed by atoms with van der Waals surface area (Å²) in [6, 6.07) is 7.73. The fraction of sp³-hybridized carbons (Fsp3) is 0.368. The van der Waals surface area contributed by atoms with Crippen LogP contribution in [0, 0.1) is 11.6 Å². The second-order valence-electron chi connectivity index (χ2n) is 6.58. The van der Waals surface area contributed by atoms with Crippen molar-refractivity contribution in [3.8, 4) is 0 Å². The van der Waals surface area contributed by atoms with Gasteiger partial charge in [0.25, 0.3) is 0 Å². The Labute approximate surface area is 158 Å². The van der Waals surface area contributed by atoms with E-state index in [0.717, 1.165) is 50.1 Å². The first-order chi connectivity index (χ1) is 12.8. The van der Waals surface area contributed by atoms with E-state index in [1.807, 2.05) is 13.0 Å². The number of benzene rings is 2. The van der Waals surface area contributed by atoms with E-state index in [1.165, 1.54) is 6.07 Å². The Balaban J connectivity index is 2.00. The van der Waals surface area contributed by atoms with Gasteiger partial charge in [-0.1, -0.05) is 0 Å². The van der Waals surface area contributed by atoms with Crippen LogP contribution in [0.15, 0.2) is 46.2 Å². The molecule has 0 amide bonds. The van der Waals surface area contributed by atoms with Gasteiger partial charge in [0.1, 0.15) is 0 Å². The van der Waals surface area contributed by atoms with Gasteiger partial charge in [0.15, 0.2) is 11.6 Å². The molecule has 5 nitrogen and oxygen atoms in total. The first-order valence-corrected chi connectivity index (χ1v) is 10.3. The van der Waals surface area contributed by atoms with Gasteiger partial charge in [-0.15, -0.1) is 0 Å². The van der Waals surface area contributed by atoms with Gasteiger partial charge in [-0.3, -0.25) is 0 Å². The SMILES string of the molecule is CCNc1cc(N2CCN(C)CC2)ccc1S(=O)(=O)c1ccc(F)c(F)c1. The van der Waals surface area contributed by atoms with Crippen LogP contribution in [-0.2, 0) is 9.84 Å². The minimum Gasteiger partial charge on any atom is -0.384 e. The lowest BCUT2D eigenvalue weighted by Crippen LogP contribution is -2.44. The van der Waals surface area contributed by atoms with Crippen molar-refractivity contribution in [1.82, 2.24) is 4.90 Å². The zero-order valence-corrected chi connectivity index (χ0v) is 16.2. The lowest BCUT2D eigenvalue weighted by atomic mass is 10.2. The van der Waals surface area contributed by atoms with Crippen LogP contribution in [0.25, 0.3) is 0 Å². The van der Waals surface area contributed by atoms with Crippen molar-refractivity contribution in [1.29, 1.82) is 0 Å². The van der Waals surface area contributed by atoms with Crippen LogP contribution in [0.5, 0.6) is 0 Å². The van der Waals surface area contributed by atoms with Crippen LogP contribution in [0.4, 0.5) is 20.2 Å². The molecular formula is C19H23F2N3O2S. The average Bonchev–Trinajstić information content (AvgIpc) is 2.64. The summed E-state index contributed by atoms with van der Waals surface area (Å²) in [6.07, 6.45) is 0. The van der Waals surface area contributed by atoms with Gasteiger partial charge < -0.3 is 15.1 Å². The molecule has 1 aliphatic rings. The summed E-state index contributed by atoms with van der Waals surface area (Å²) >= 11 is 0. The van der Waals surface area contributed by atoms with Gasteiger partial charge in [0, 0.05) is 38.4 Å². The Kier molecular flexibility index (Phi) is 5.67. The minimum atomic E-state index is -3.98. The molecule has 0 aromatic heterocycles. The normalized spacial score (nSPS) is 15.8. The Morgan fingerprint density at radius 1 is 1.00 bits per heavy atom. The largest absolute Gasteiger partial charge is 0.384 e. The molecule has 146 valence electrons. The maximum Gasteiger partial charge on any atom is 0.208 e. The monoisotopic (exact) mass is 395 g/mol. The van der Waals surface area contributed by atoms with Crippen LogP contribution in [-0.4, -0.2) is 53.1 Å². The molecule has 2 aromatic rings. The number of hydrogen-bond acceptors (Lipinski definition) is 5. The van der Waals surface area contributed by atoms with Crippen LogP contribution in [0.3, 0.4) is 0 Å². The minimum absolute atomic E-state index is 0.0493. The standard InChI is InChI=1S/C19H23F2N3O2S/c1-3-22-18-12-14(24-10-8-23(2)9-11-24)4-7-19(18)27(25,26)15-5-6-16(20)17(21)13-15/h4-7,12-13,22H,3,8-11H2,1-2H3. The second kappa shape index (κ2) is 7.82. The smallest absolute Gasteiger partial charge is 0.208 e. The molecule has 0 spiro atoms. The van der Waals surface area contributed by atoms with Crippen molar-refractivity contribution in [2.45, 2.75) is 16.7 Å². The molecule has 1 fully saturated rings. The van der Waals surface area contributed by atoms with Gasteiger partial charge in [-0.25, -0.2) is 17.2 Å². The predicted octanol–water partition coefficient (Wildman–Crippen LogP) is 2.98. The third kappa shape index (κ3) is 4.06. The fourth-order valence-electron chi connectivity index (χ4n) is 3.11. The molecule has 0 radical (unpaired) electrons. The molecule has 0 bridgehead atoms. The van der Waals surface area contributed by atoms with E-state index in [0.29, 0.717) is 12.2 Å². The van der Waals surface area contributed by atoms with Crippen molar-refractivity contribution >= 4 is 21.2 Å². The summed E-state index contributed by atoms with van der Waals surface area (Å²) in [5, 5.41) is 3.08. The highest BCUT2D eigenvalue weighted by atomic mass is 32.2. The number of anilines is 2. The summed E-state index contributed by atoms with van der Waals surface area (Å²) < 4.78 is 52.7. The number of likely N-dealkylation sites (N-methyl/N-ethyl adjacent to an activating group) is 1. The van der Waals surface area contributed by atoms with E-state index in [1.54, 1.807) is 6.07 Å². The van der Waals surface area contributed by atoms with E-state index in [9.17, 15) is 17.2 Å². The van der Waals surface area contributed by atoms with E-state index < -0.39 is 21.5 Å². The molecule has 1 aliphatic heterocycles. The highest BCUT2D eigenvalue weighted by Crippen LogP contribution is 2.32. The van der Waals surface area contributed by atoms with Crippen molar-refractivity contribution in [3.05, 3.63) is 48.0 Å². The molecule has 2 aromatic carbocycles. The maximum atomic E-state index is 13.5. The Hall–Kier alpha value is -2.19. The number of sulfone groups is 1. The summed E-state index contributed by atoms with van der Waals surface area (Å²) in [5.74, 6) is -2.26. The highest BCUT2D eigenvalue weighted by molar-refractivity contribution is 7.91. The second-order valence-corrected chi connectivity index (χ2v) is 8.50. The van der Waals surface area contributed by atoms with Gasteiger partial charge in [-0.05, 0) is 50.4 Å². The molecule has 0 atom stereocenters. The van der Waals surface area contributed by atoms with Crippen molar-refractivity contribution in [2.75, 3.05) is 50.0 Å². The molecule has 1 N–H and O–H groups in total. The van der Waals surface area contributed by atoms with E-state index >= 15 is 0 Å². The van der Waals surface area contributed by atoms with Crippen molar-refractivity contribution < 1.29 is 17.2 Å². The maximum absolute atomic E-state index is 13.5. The molecule has 0 unspecified atom stereocenters. The van der Waals surface area contributed by atoms with E-state index in [-0.39, 0.29) is 9.79 Å². The number of hydrogen-bond donors (Lipinski definition) is 1. The molecule has 27 heavy (non-hydrogen) atoms. The first-order valence-electron chi connectivity index (χ1n) is 8.84. The fourth-order valence-corrected chi connectivity index (χ4v) is 4.54. The Morgan fingerprint density at radius 3 is 2.33 bits per heavy atom. The average molecular weight is 395 g/mol. The van der Waals surface area contributed by atoms with Crippen LogP contribution >= 0.6 is 0 Å². The lowest BCUT2D eigenvalue weighted by Gasteiger charge is -2.34. The van der Waals surface area contributed by atoms with Gasteiger partial charge in [0.2, 0.25) is 9.84 Å². The number of piperazine rings is 1. The quantitative estimate of drug-likeness (QED) is 0.789. The van der Waals surface area contributed by atoms with Crippen LogP contribution in [0.1, 0.15) is 6.92 Å². The Bertz CT molecular complexity index is 927. The van der Waals surface area contributed by atoms with Crippen LogP contribution in [0.2, 0.25) is 0 Å². The van der Waals surface area contributed by atoms with Crippen LogP contribution < -0.4 is 10.2 Å². The van der Waals surface area contributed by atoms with E-state index in [4.69, 9.17) is 0 Å². The zero-order valence-electron chi connectivity index (χ0n) is 15.4. The zero-order chi connectivity index (χ0) is 19.6. The molecule has 1 heterocycles. The van der Waals surface area contributed by atoms with E-state index in [2.05, 4.69) is 22.2 Å². The lowest BCUT2D eigenvalue weighted by molar-refractivity contribution is 0.313. The summed E-state index contributed by atoms with van der Waals surface area (Å²) in [4.78, 5) is 4.22. The Morgan fingerprint density at radius 2 is 1.70 bits per heavy atom. The van der Waals surface area contributed by atoms with Gasteiger partial charge in [0.05, 0.1) is 15.5 Å². The molecular weight excluding hydrogens is 372 g/mol. The first kappa shape index (κ1) is 19.6. The molecule has 3 rings (SSSR count). The summed E-state index contributed by atoms with van der Waals surface area (Å²) in [6.45, 7) is 5.99. The number of halogens is 2. The summed E-state index contributed by atoms with van der Waals surface area (Å²) in [7, 11) is -1.91. The third-order valence-corrected chi connectivity index (χ3v) is 6.50. The topological polar surface area (TPSA) is 52.6 Å².